The Bertz CT molecular complexity index is 690. The van der Waals surface area contributed by atoms with Gasteiger partial charge in [-0.25, -0.2) is 0 Å². The van der Waals surface area contributed by atoms with Crippen LogP contribution in [0.25, 0.3) is 11.3 Å². The van der Waals surface area contributed by atoms with E-state index >= 15 is 0 Å². The Morgan fingerprint density at radius 2 is 2.05 bits per heavy atom. The summed E-state index contributed by atoms with van der Waals surface area (Å²) in [5, 5.41) is 22.7. The van der Waals surface area contributed by atoms with Crippen molar-refractivity contribution in [3.05, 3.63) is 47.9 Å². The molecule has 3 N–H and O–H groups in total. The van der Waals surface area contributed by atoms with Gasteiger partial charge < -0.3 is 5.32 Å². The van der Waals surface area contributed by atoms with E-state index in [-0.39, 0.29) is 12.5 Å². The van der Waals surface area contributed by atoms with Crippen LogP contribution in [0.1, 0.15) is 16.3 Å². The highest BCUT2D eigenvalue weighted by atomic mass is 16.1. The normalized spacial score (nSPS) is 10.4. The number of hydrogen-bond acceptors (Lipinski definition) is 5. The van der Waals surface area contributed by atoms with Crippen molar-refractivity contribution in [3.63, 3.8) is 0 Å². The lowest BCUT2D eigenvalue weighted by Crippen LogP contribution is -2.23. The number of carbonyl (C=O) groups excluding carboxylic acids is 1. The molecule has 0 spiro atoms. The summed E-state index contributed by atoms with van der Waals surface area (Å²) in [6.07, 6.45) is 0. The van der Waals surface area contributed by atoms with Crippen molar-refractivity contribution in [1.29, 1.82) is 0 Å². The smallest absolute Gasteiger partial charge is 0.269 e. The molecule has 100 valence electrons. The van der Waals surface area contributed by atoms with Gasteiger partial charge in [0.1, 0.15) is 5.69 Å². The molecule has 3 rings (SSSR count). The fourth-order valence-electron chi connectivity index (χ4n) is 1.71. The fourth-order valence-corrected chi connectivity index (χ4v) is 1.71. The van der Waals surface area contributed by atoms with Gasteiger partial charge >= 0.3 is 0 Å². The van der Waals surface area contributed by atoms with Gasteiger partial charge in [-0.1, -0.05) is 35.5 Å². The lowest BCUT2D eigenvalue weighted by molar-refractivity contribution is 0.0945. The third-order valence-corrected chi connectivity index (χ3v) is 2.69. The minimum Gasteiger partial charge on any atom is -0.343 e. The number of nitrogens with zero attached hydrogens (tertiary/aromatic N) is 4. The maximum atomic E-state index is 11.9. The van der Waals surface area contributed by atoms with Gasteiger partial charge in [-0.2, -0.15) is 10.3 Å². The highest BCUT2D eigenvalue weighted by Gasteiger charge is 2.11. The molecule has 8 nitrogen and oxygen atoms in total. The van der Waals surface area contributed by atoms with Gasteiger partial charge in [-0.15, -0.1) is 10.2 Å². The molecule has 8 heteroatoms. The first-order valence-electron chi connectivity index (χ1n) is 5.94. The summed E-state index contributed by atoms with van der Waals surface area (Å²) in [7, 11) is 0. The lowest BCUT2D eigenvalue weighted by atomic mass is 10.1. The van der Waals surface area contributed by atoms with Crippen molar-refractivity contribution in [2.24, 2.45) is 0 Å². The topological polar surface area (TPSA) is 112 Å². The van der Waals surface area contributed by atoms with Crippen molar-refractivity contribution < 1.29 is 4.79 Å². The van der Waals surface area contributed by atoms with Crippen molar-refractivity contribution in [2.75, 3.05) is 0 Å². The van der Waals surface area contributed by atoms with Crippen molar-refractivity contribution in [3.8, 4) is 11.3 Å². The molecule has 0 unspecified atom stereocenters. The van der Waals surface area contributed by atoms with Gasteiger partial charge in [0.25, 0.3) is 5.91 Å². The number of nitrogens with one attached hydrogen (secondary N) is 3. The molecule has 3 aromatic rings. The minimum absolute atomic E-state index is 0.203. The molecule has 0 fully saturated rings. The Kier molecular flexibility index (Phi) is 3.19. The van der Waals surface area contributed by atoms with Crippen LogP contribution in [0.5, 0.6) is 0 Å². The summed E-state index contributed by atoms with van der Waals surface area (Å²) in [6, 6.07) is 11.3. The van der Waals surface area contributed by atoms with Crippen LogP contribution in [-0.4, -0.2) is 36.7 Å². The number of aromatic nitrogens is 6. The van der Waals surface area contributed by atoms with E-state index in [4.69, 9.17) is 0 Å². The quantitative estimate of drug-likeness (QED) is 0.639. The van der Waals surface area contributed by atoms with E-state index < -0.39 is 0 Å². The van der Waals surface area contributed by atoms with E-state index in [1.807, 2.05) is 30.3 Å². The average molecular weight is 269 g/mol. The van der Waals surface area contributed by atoms with Crippen molar-refractivity contribution in [1.82, 2.24) is 36.1 Å². The SMILES string of the molecule is O=C(NCc1nn[nH]n1)c1cc(-c2ccccc2)n[nH]1. The number of aromatic amines is 2. The Labute approximate surface area is 113 Å². The molecule has 0 aliphatic rings. The lowest BCUT2D eigenvalue weighted by Gasteiger charge is -1.98. The van der Waals surface area contributed by atoms with Crippen LogP contribution in [0.15, 0.2) is 36.4 Å². The van der Waals surface area contributed by atoms with Crippen molar-refractivity contribution >= 4 is 5.91 Å². The van der Waals surface area contributed by atoms with E-state index in [9.17, 15) is 4.79 Å². The summed E-state index contributed by atoms with van der Waals surface area (Å²) in [4.78, 5) is 11.9. The Morgan fingerprint density at radius 1 is 1.20 bits per heavy atom. The highest BCUT2D eigenvalue weighted by molar-refractivity contribution is 5.93. The number of H-pyrrole nitrogens is 2. The van der Waals surface area contributed by atoms with Crippen LogP contribution in [0.3, 0.4) is 0 Å². The number of rotatable bonds is 4. The molecule has 0 atom stereocenters. The Balaban J connectivity index is 1.69. The molecular formula is C12H11N7O. The van der Waals surface area contributed by atoms with Gasteiger partial charge in [0.15, 0.2) is 5.82 Å². The first kappa shape index (κ1) is 12.0. The maximum absolute atomic E-state index is 11.9. The number of tetrazole rings is 1. The largest absolute Gasteiger partial charge is 0.343 e. The first-order chi connectivity index (χ1) is 9.83. The number of benzene rings is 1. The zero-order valence-corrected chi connectivity index (χ0v) is 10.4. The fraction of sp³-hybridized carbons (Fsp3) is 0.0833. The number of hydrogen-bond donors (Lipinski definition) is 3. The molecule has 1 amide bonds. The predicted octanol–water partition coefficient (Wildman–Crippen LogP) is 0.520. The second kappa shape index (κ2) is 5.31. The Hall–Kier alpha value is -3.03. The number of carbonyl (C=O) groups is 1. The summed E-state index contributed by atoms with van der Waals surface area (Å²) in [6.45, 7) is 0.203. The molecule has 0 radical (unpaired) electrons. The van der Waals surface area contributed by atoms with Crippen LogP contribution >= 0.6 is 0 Å². The van der Waals surface area contributed by atoms with Crippen LogP contribution in [0.2, 0.25) is 0 Å². The molecular weight excluding hydrogens is 258 g/mol. The van der Waals surface area contributed by atoms with Crippen molar-refractivity contribution in [2.45, 2.75) is 6.54 Å². The molecule has 0 aliphatic heterocycles. The number of amides is 1. The third kappa shape index (κ3) is 2.53. The zero-order chi connectivity index (χ0) is 13.8. The van der Waals surface area contributed by atoms with Crippen LogP contribution in [0, 0.1) is 0 Å². The van der Waals surface area contributed by atoms with Gasteiger partial charge in [0, 0.05) is 5.56 Å². The summed E-state index contributed by atoms with van der Waals surface area (Å²) < 4.78 is 0. The third-order valence-electron chi connectivity index (χ3n) is 2.69. The summed E-state index contributed by atoms with van der Waals surface area (Å²) in [5.41, 5.74) is 2.05. The highest BCUT2D eigenvalue weighted by Crippen LogP contribution is 2.16. The second-order valence-electron chi connectivity index (χ2n) is 4.04. The van der Waals surface area contributed by atoms with Crippen LogP contribution in [-0.2, 0) is 6.54 Å². The summed E-state index contributed by atoms with van der Waals surface area (Å²) in [5.74, 6) is 0.144. The molecule has 1 aromatic carbocycles. The van der Waals surface area contributed by atoms with Gasteiger partial charge in [-0.05, 0) is 6.07 Å². The monoisotopic (exact) mass is 269 g/mol. The van der Waals surface area contributed by atoms with Gasteiger partial charge in [0.05, 0.1) is 12.2 Å². The van der Waals surface area contributed by atoms with Gasteiger partial charge in [0.2, 0.25) is 0 Å². The second-order valence-corrected chi connectivity index (χ2v) is 4.04. The maximum Gasteiger partial charge on any atom is 0.269 e. The molecule has 0 aliphatic carbocycles. The average Bonchev–Trinajstić information content (AvgIpc) is 3.17. The zero-order valence-electron chi connectivity index (χ0n) is 10.4. The molecule has 0 bridgehead atoms. The van der Waals surface area contributed by atoms with E-state index in [1.54, 1.807) is 6.07 Å². The van der Waals surface area contributed by atoms with E-state index in [0.29, 0.717) is 11.5 Å². The summed E-state index contributed by atoms with van der Waals surface area (Å²) >= 11 is 0. The molecule has 2 aromatic heterocycles. The van der Waals surface area contributed by atoms with E-state index in [0.717, 1.165) is 11.3 Å². The standard InChI is InChI=1S/C12H11N7O/c20-12(13-7-11-16-18-19-17-11)10-6-9(14-15-10)8-4-2-1-3-5-8/h1-6H,7H2,(H,13,20)(H,14,15)(H,16,17,18,19). The molecule has 20 heavy (non-hydrogen) atoms. The van der Waals surface area contributed by atoms with Crippen LogP contribution < -0.4 is 5.32 Å². The first-order valence-corrected chi connectivity index (χ1v) is 5.94. The van der Waals surface area contributed by atoms with E-state index in [1.165, 1.54) is 0 Å². The molecule has 0 saturated carbocycles. The van der Waals surface area contributed by atoms with Gasteiger partial charge in [-0.3, -0.25) is 9.89 Å². The minimum atomic E-state index is -0.274. The molecule has 2 heterocycles. The molecule has 0 saturated heterocycles. The van der Waals surface area contributed by atoms with E-state index in [2.05, 4.69) is 36.1 Å². The van der Waals surface area contributed by atoms with Crippen LogP contribution in [0.4, 0.5) is 0 Å². The Morgan fingerprint density at radius 3 is 2.80 bits per heavy atom. The predicted molar refractivity (Wildman–Crippen MR) is 69.4 cm³/mol.